The van der Waals surface area contributed by atoms with E-state index in [-0.39, 0.29) is 24.7 Å². The van der Waals surface area contributed by atoms with Crippen LogP contribution in [0.15, 0.2) is 54.6 Å². The molecule has 1 amide bonds. The van der Waals surface area contributed by atoms with Crippen molar-refractivity contribution in [1.29, 1.82) is 0 Å². The van der Waals surface area contributed by atoms with Crippen molar-refractivity contribution in [2.75, 3.05) is 32.8 Å². The van der Waals surface area contributed by atoms with Crippen molar-refractivity contribution in [2.45, 2.75) is 38.5 Å². The average Bonchev–Trinajstić information content (AvgIpc) is 2.82. The third-order valence-electron chi connectivity index (χ3n) is 6.74. The largest absolute Gasteiger partial charge is 0.482 e. The maximum Gasteiger partial charge on any atom is 0.341 e. The van der Waals surface area contributed by atoms with Gasteiger partial charge in [0.25, 0.3) is 0 Å². The van der Waals surface area contributed by atoms with Gasteiger partial charge in [-0.3, -0.25) is 9.69 Å². The molecule has 1 atom stereocenters. The van der Waals surface area contributed by atoms with E-state index in [0.29, 0.717) is 24.8 Å². The van der Waals surface area contributed by atoms with Gasteiger partial charge in [0.1, 0.15) is 12.4 Å². The minimum atomic E-state index is -0.981. The van der Waals surface area contributed by atoms with Crippen LogP contribution in [0.3, 0.4) is 0 Å². The first kappa shape index (κ1) is 23.3. The number of benzene rings is 2. The molecule has 2 aliphatic rings. The zero-order valence-electron chi connectivity index (χ0n) is 19.1. The fraction of sp³-hybridized carbons (Fsp3) is 0.462. The van der Waals surface area contributed by atoms with Crippen molar-refractivity contribution in [3.05, 3.63) is 65.7 Å². The van der Waals surface area contributed by atoms with E-state index in [4.69, 9.17) is 14.6 Å². The fourth-order valence-electron chi connectivity index (χ4n) is 4.82. The Morgan fingerprint density at radius 2 is 1.73 bits per heavy atom. The molecular weight excluding hydrogens is 420 g/mol. The van der Waals surface area contributed by atoms with Crippen LogP contribution in [-0.4, -0.2) is 65.2 Å². The summed E-state index contributed by atoms with van der Waals surface area (Å²) in [5.41, 5.74) is 2.00. The Hall–Kier alpha value is -2.90. The Bertz CT molecular complexity index is 941. The predicted octanol–water partition coefficient (Wildman–Crippen LogP) is 3.18. The molecule has 7 heteroatoms. The van der Waals surface area contributed by atoms with E-state index in [1.807, 2.05) is 47.4 Å². The van der Waals surface area contributed by atoms with Gasteiger partial charge in [-0.05, 0) is 62.0 Å². The van der Waals surface area contributed by atoms with Crippen LogP contribution < -0.4 is 4.74 Å². The summed E-state index contributed by atoms with van der Waals surface area (Å²) in [7, 11) is 0. The number of carboxylic acid groups (broad SMARTS) is 1. The molecular formula is C26H32N2O5. The smallest absolute Gasteiger partial charge is 0.341 e. The number of piperidine rings is 1. The number of carboxylic acids is 1. The number of carbonyl (C=O) groups is 2. The Labute approximate surface area is 194 Å². The third kappa shape index (κ3) is 6.12. The molecule has 2 heterocycles. The van der Waals surface area contributed by atoms with Crippen LogP contribution in [-0.2, 0) is 27.4 Å². The van der Waals surface area contributed by atoms with Crippen molar-refractivity contribution >= 4 is 11.9 Å². The first-order valence-corrected chi connectivity index (χ1v) is 11.5. The molecule has 0 aliphatic carbocycles. The number of carbonyl (C=O) groups excluding carboxylic acids is 1. The minimum Gasteiger partial charge on any atom is -0.482 e. The van der Waals surface area contributed by atoms with Crippen molar-refractivity contribution in [2.24, 2.45) is 5.92 Å². The Morgan fingerprint density at radius 3 is 2.39 bits per heavy atom. The molecule has 0 spiro atoms. The molecule has 2 aliphatic heterocycles. The van der Waals surface area contributed by atoms with Crippen LogP contribution in [0, 0.1) is 5.92 Å². The molecule has 33 heavy (non-hydrogen) atoms. The van der Waals surface area contributed by atoms with Crippen LogP contribution >= 0.6 is 0 Å². The van der Waals surface area contributed by atoms with Gasteiger partial charge in [0, 0.05) is 13.1 Å². The molecule has 0 bridgehead atoms. The van der Waals surface area contributed by atoms with Gasteiger partial charge >= 0.3 is 5.97 Å². The van der Waals surface area contributed by atoms with E-state index < -0.39 is 5.97 Å². The number of hydrogen-bond donors (Lipinski definition) is 1. The van der Waals surface area contributed by atoms with E-state index in [1.165, 1.54) is 5.56 Å². The van der Waals surface area contributed by atoms with E-state index >= 15 is 0 Å². The first-order valence-electron chi connectivity index (χ1n) is 11.5. The van der Waals surface area contributed by atoms with Gasteiger partial charge in [-0.1, -0.05) is 42.5 Å². The predicted molar refractivity (Wildman–Crippen MR) is 124 cm³/mol. The normalized spacial score (nSPS) is 22.3. The monoisotopic (exact) mass is 452 g/mol. The third-order valence-corrected chi connectivity index (χ3v) is 6.74. The molecule has 0 aromatic heterocycles. The van der Waals surface area contributed by atoms with Gasteiger partial charge in [0.15, 0.2) is 6.61 Å². The van der Waals surface area contributed by atoms with Gasteiger partial charge in [-0.15, -0.1) is 0 Å². The summed E-state index contributed by atoms with van der Waals surface area (Å²) >= 11 is 0. The maximum absolute atomic E-state index is 12.5. The minimum absolute atomic E-state index is 0.0598. The number of aliphatic carboxylic acids is 1. The summed E-state index contributed by atoms with van der Waals surface area (Å²) in [5, 5.41) is 8.71. The van der Waals surface area contributed by atoms with E-state index in [2.05, 4.69) is 24.0 Å². The molecule has 2 aromatic carbocycles. The van der Waals surface area contributed by atoms with Gasteiger partial charge in [0.2, 0.25) is 5.91 Å². The number of rotatable bonds is 8. The highest BCUT2D eigenvalue weighted by Crippen LogP contribution is 2.35. The zero-order valence-corrected chi connectivity index (χ0v) is 19.1. The SMILES string of the molecule is C[C@@]1(C2CCN(Cc3ccc(OCC(=O)O)cc3)CC2)CN(Cc2ccccc2)C(=O)CO1. The number of nitrogens with zero attached hydrogens (tertiary/aromatic N) is 2. The Morgan fingerprint density at radius 1 is 1.06 bits per heavy atom. The second kappa shape index (κ2) is 10.4. The van der Waals surface area contributed by atoms with Crippen molar-refractivity contribution in [3.63, 3.8) is 0 Å². The van der Waals surface area contributed by atoms with Crippen LogP contribution in [0.4, 0.5) is 0 Å². The molecule has 0 unspecified atom stereocenters. The van der Waals surface area contributed by atoms with Gasteiger partial charge in [-0.2, -0.15) is 0 Å². The fourth-order valence-corrected chi connectivity index (χ4v) is 4.82. The van der Waals surface area contributed by atoms with E-state index in [1.54, 1.807) is 0 Å². The van der Waals surface area contributed by atoms with E-state index in [0.717, 1.165) is 38.0 Å². The van der Waals surface area contributed by atoms with Gasteiger partial charge in [0.05, 0.1) is 12.1 Å². The second-order valence-corrected chi connectivity index (χ2v) is 9.21. The quantitative estimate of drug-likeness (QED) is 0.663. The van der Waals surface area contributed by atoms with E-state index in [9.17, 15) is 9.59 Å². The molecule has 2 fully saturated rings. The average molecular weight is 453 g/mol. The lowest BCUT2D eigenvalue weighted by Gasteiger charge is -2.47. The zero-order chi connectivity index (χ0) is 23.3. The number of hydrogen-bond acceptors (Lipinski definition) is 5. The summed E-state index contributed by atoms with van der Waals surface area (Å²) in [6.07, 6.45) is 2.06. The topological polar surface area (TPSA) is 79.3 Å². The van der Waals surface area contributed by atoms with Crippen LogP contribution in [0.25, 0.3) is 0 Å². The highest BCUT2D eigenvalue weighted by molar-refractivity contribution is 5.78. The summed E-state index contributed by atoms with van der Waals surface area (Å²) in [4.78, 5) is 27.5. The molecule has 4 rings (SSSR count). The molecule has 0 saturated carbocycles. The van der Waals surface area contributed by atoms with Gasteiger partial charge < -0.3 is 19.5 Å². The number of likely N-dealkylation sites (tertiary alicyclic amines) is 1. The Balaban J connectivity index is 1.28. The lowest BCUT2D eigenvalue weighted by molar-refractivity contribution is -0.174. The van der Waals surface area contributed by atoms with Crippen LogP contribution in [0.2, 0.25) is 0 Å². The molecule has 7 nitrogen and oxygen atoms in total. The lowest BCUT2D eigenvalue weighted by Crippen LogP contribution is -2.57. The second-order valence-electron chi connectivity index (χ2n) is 9.21. The lowest BCUT2D eigenvalue weighted by atomic mass is 9.80. The van der Waals surface area contributed by atoms with Crippen molar-refractivity contribution < 1.29 is 24.2 Å². The molecule has 2 aromatic rings. The number of ether oxygens (including phenoxy) is 2. The molecule has 1 N–H and O–H groups in total. The molecule has 0 radical (unpaired) electrons. The van der Waals surface area contributed by atoms with Crippen LogP contribution in [0.5, 0.6) is 5.75 Å². The van der Waals surface area contributed by atoms with Gasteiger partial charge in [-0.25, -0.2) is 4.79 Å². The summed E-state index contributed by atoms with van der Waals surface area (Å²) in [6.45, 7) is 6.05. The number of amides is 1. The summed E-state index contributed by atoms with van der Waals surface area (Å²) < 4.78 is 11.3. The highest BCUT2D eigenvalue weighted by atomic mass is 16.5. The number of morpholine rings is 1. The molecule has 2 saturated heterocycles. The summed E-state index contributed by atoms with van der Waals surface area (Å²) in [5.74, 6) is 0.0541. The molecule has 176 valence electrons. The maximum atomic E-state index is 12.5. The first-order chi connectivity index (χ1) is 15.9. The van der Waals surface area contributed by atoms with Crippen molar-refractivity contribution in [3.8, 4) is 5.75 Å². The van der Waals surface area contributed by atoms with Crippen LogP contribution in [0.1, 0.15) is 30.9 Å². The standard InChI is InChI=1S/C26H32N2O5/c1-26(19-28(24(29)17-33-26)16-20-5-3-2-4-6-20)22-11-13-27(14-12-22)15-21-7-9-23(10-8-21)32-18-25(30)31/h2-10,22H,11-19H2,1H3,(H,30,31)/t26-/m0/s1. The highest BCUT2D eigenvalue weighted by Gasteiger charge is 2.43. The van der Waals surface area contributed by atoms with Crippen molar-refractivity contribution in [1.82, 2.24) is 9.80 Å². The Kier molecular flexibility index (Phi) is 7.30. The summed E-state index contributed by atoms with van der Waals surface area (Å²) in [6, 6.07) is 17.7.